The van der Waals surface area contributed by atoms with Gasteiger partial charge < -0.3 is 14.4 Å². The van der Waals surface area contributed by atoms with Gasteiger partial charge in [-0.1, -0.05) is 224 Å². The highest BCUT2D eigenvalue weighted by Crippen LogP contribution is 2.64. The highest BCUT2D eigenvalue weighted by Gasteiger charge is 2.52. The fourth-order valence-electron chi connectivity index (χ4n) is 13.7. The Morgan fingerprint density at radius 3 is 1.04 bits per heavy atom. The molecule has 0 saturated heterocycles. The molecule has 12 aromatic carbocycles. The van der Waals surface area contributed by atoms with Gasteiger partial charge in [-0.15, -0.1) is 0 Å². The summed E-state index contributed by atoms with van der Waals surface area (Å²) >= 11 is 0. The third-order valence-corrected chi connectivity index (χ3v) is 16.8. The molecule has 0 N–H and O–H groups in total. The fourth-order valence-corrected chi connectivity index (χ4v) is 13.7. The predicted octanol–water partition coefficient (Wildman–Crippen LogP) is 19.1. The standard InChI is InChI=1S/C74H47NO2/c1-2-20-49(21-3-1)53-22-6-14-32-67(53)75(52-42-38-48(39-43-52)50-40-44-57-55-24-4-8-26-59(55)73(65(57)46-50)61-28-10-16-34-69(61)76-70-35-17-11-29-62(70)73)68-33-15-7-23-54(68)51-41-45-58-56-25-5-9-27-60(56)74(66(58)47-51)63-30-12-18-36-71(63)77-72-37-19-13-31-64(72)74/h1-47H. The van der Waals surface area contributed by atoms with Crippen LogP contribution >= 0.6 is 0 Å². The van der Waals surface area contributed by atoms with Crippen molar-refractivity contribution in [2.75, 3.05) is 4.90 Å². The van der Waals surface area contributed by atoms with Crippen LogP contribution in [0.3, 0.4) is 0 Å². The minimum Gasteiger partial charge on any atom is -0.457 e. The summed E-state index contributed by atoms with van der Waals surface area (Å²) in [5.41, 5.74) is 23.6. The summed E-state index contributed by atoms with van der Waals surface area (Å²) in [6.45, 7) is 0. The van der Waals surface area contributed by atoms with Crippen LogP contribution in [-0.2, 0) is 10.8 Å². The molecule has 3 heteroatoms. The topological polar surface area (TPSA) is 21.7 Å². The molecule has 0 bridgehead atoms. The Labute approximate surface area is 448 Å². The monoisotopic (exact) mass is 981 g/mol. The number of para-hydroxylation sites is 6. The van der Waals surface area contributed by atoms with Crippen molar-refractivity contribution < 1.29 is 9.47 Å². The minimum absolute atomic E-state index is 0.549. The van der Waals surface area contributed by atoms with Crippen LogP contribution in [0.1, 0.15) is 44.5 Å². The van der Waals surface area contributed by atoms with Crippen LogP contribution in [0.5, 0.6) is 23.0 Å². The van der Waals surface area contributed by atoms with Crippen molar-refractivity contribution in [1.29, 1.82) is 0 Å². The maximum absolute atomic E-state index is 6.72. The highest BCUT2D eigenvalue weighted by atomic mass is 16.5. The van der Waals surface area contributed by atoms with Crippen LogP contribution in [-0.4, -0.2) is 0 Å². The molecule has 2 aliphatic heterocycles. The second-order valence-electron chi connectivity index (χ2n) is 20.6. The predicted molar refractivity (Wildman–Crippen MR) is 312 cm³/mol. The van der Waals surface area contributed by atoms with Crippen molar-refractivity contribution in [1.82, 2.24) is 0 Å². The van der Waals surface area contributed by atoms with Crippen molar-refractivity contribution in [3.63, 3.8) is 0 Å². The molecule has 16 rings (SSSR count). The number of rotatable bonds is 6. The van der Waals surface area contributed by atoms with Crippen molar-refractivity contribution in [2.24, 2.45) is 0 Å². The molecule has 12 aromatic rings. The Morgan fingerprint density at radius 2 is 0.558 bits per heavy atom. The van der Waals surface area contributed by atoms with E-state index in [0.29, 0.717) is 0 Å². The lowest BCUT2D eigenvalue weighted by atomic mass is 9.66. The van der Waals surface area contributed by atoms with Crippen LogP contribution in [0.4, 0.5) is 17.1 Å². The molecule has 3 nitrogen and oxygen atoms in total. The van der Waals surface area contributed by atoms with E-state index in [4.69, 9.17) is 9.47 Å². The van der Waals surface area contributed by atoms with Crippen LogP contribution in [0.2, 0.25) is 0 Å². The van der Waals surface area contributed by atoms with Crippen molar-refractivity contribution in [3.05, 3.63) is 330 Å². The normalized spacial score (nSPS) is 13.9. The number of benzene rings is 12. The SMILES string of the molecule is c1ccc(-c2ccccc2N(c2ccc(-c3ccc4c(c3)C3(c5ccccc5Oc5ccccc53)c3ccccc3-4)cc2)c2ccccc2-c2ccc3c(c2)C2(c4ccccc4Oc4ccccc42)c2ccccc2-3)cc1. The van der Waals surface area contributed by atoms with Gasteiger partial charge in [0.25, 0.3) is 0 Å². The molecule has 0 aromatic heterocycles. The van der Waals surface area contributed by atoms with E-state index in [9.17, 15) is 0 Å². The molecular formula is C74H47NO2. The minimum atomic E-state index is -0.588. The van der Waals surface area contributed by atoms with Crippen molar-refractivity contribution in [2.45, 2.75) is 10.8 Å². The van der Waals surface area contributed by atoms with Gasteiger partial charge in [-0.25, -0.2) is 0 Å². The molecule has 0 radical (unpaired) electrons. The van der Waals surface area contributed by atoms with Crippen LogP contribution in [0, 0.1) is 0 Å². The summed E-state index contributed by atoms with van der Waals surface area (Å²) in [4.78, 5) is 2.46. The first-order chi connectivity index (χ1) is 38.2. The number of anilines is 3. The maximum atomic E-state index is 6.72. The zero-order valence-electron chi connectivity index (χ0n) is 41.9. The third-order valence-electron chi connectivity index (χ3n) is 16.8. The van der Waals surface area contributed by atoms with E-state index in [1.807, 2.05) is 0 Å². The molecule has 0 amide bonds. The molecule has 77 heavy (non-hydrogen) atoms. The second kappa shape index (κ2) is 16.8. The average Bonchev–Trinajstić information content (AvgIpc) is 4.11. The average molecular weight is 982 g/mol. The Hall–Kier alpha value is -9.96. The first kappa shape index (κ1) is 43.4. The van der Waals surface area contributed by atoms with Gasteiger partial charge in [0.2, 0.25) is 0 Å². The van der Waals surface area contributed by atoms with E-state index in [1.165, 1.54) is 44.5 Å². The first-order valence-electron chi connectivity index (χ1n) is 26.6. The van der Waals surface area contributed by atoms with Crippen molar-refractivity contribution >= 4 is 17.1 Å². The summed E-state index contributed by atoms with van der Waals surface area (Å²) in [5.74, 6) is 3.55. The summed E-state index contributed by atoms with van der Waals surface area (Å²) in [6.07, 6.45) is 0. The summed E-state index contributed by atoms with van der Waals surface area (Å²) < 4.78 is 13.4. The number of nitrogens with zero attached hydrogens (tertiary/aromatic N) is 1. The quantitative estimate of drug-likeness (QED) is 0.166. The largest absolute Gasteiger partial charge is 0.457 e. The number of fused-ring (bicyclic) bond motifs is 18. The van der Waals surface area contributed by atoms with Gasteiger partial charge in [0.1, 0.15) is 23.0 Å². The lowest BCUT2D eigenvalue weighted by Crippen LogP contribution is -2.32. The van der Waals surface area contributed by atoms with Gasteiger partial charge in [-0.05, 0) is 127 Å². The zero-order chi connectivity index (χ0) is 50.7. The Kier molecular flexibility index (Phi) is 9.47. The smallest absolute Gasteiger partial charge is 0.132 e. The van der Waals surface area contributed by atoms with E-state index in [-0.39, 0.29) is 0 Å². The third kappa shape index (κ3) is 6.14. The van der Waals surface area contributed by atoms with Gasteiger partial charge in [0.05, 0.1) is 22.2 Å². The fraction of sp³-hybridized carbons (Fsp3) is 0.0270. The zero-order valence-corrected chi connectivity index (χ0v) is 41.9. The van der Waals surface area contributed by atoms with E-state index in [0.717, 1.165) is 95.7 Å². The molecule has 2 heterocycles. The molecule has 2 spiro atoms. The van der Waals surface area contributed by atoms with E-state index in [1.54, 1.807) is 0 Å². The Bertz CT molecular complexity index is 4270. The van der Waals surface area contributed by atoms with Gasteiger partial charge in [-0.2, -0.15) is 0 Å². The summed E-state index contributed by atoms with van der Waals surface area (Å²) in [5, 5.41) is 0. The van der Waals surface area contributed by atoms with Crippen LogP contribution in [0.15, 0.2) is 285 Å². The molecule has 0 atom stereocenters. The molecule has 0 unspecified atom stereocenters. The Morgan fingerprint density at radius 1 is 0.221 bits per heavy atom. The molecule has 2 aliphatic carbocycles. The lowest BCUT2D eigenvalue weighted by molar-refractivity contribution is 0.436. The number of ether oxygens (including phenoxy) is 2. The van der Waals surface area contributed by atoms with Gasteiger partial charge in [0.15, 0.2) is 0 Å². The molecule has 0 saturated carbocycles. The van der Waals surface area contributed by atoms with Crippen LogP contribution < -0.4 is 14.4 Å². The first-order valence-corrected chi connectivity index (χ1v) is 26.6. The van der Waals surface area contributed by atoms with Gasteiger partial charge in [-0.3, -0.25) is 0 Å². The summed E-state index contributed by atoms with van der Waals surface area (Å²) in [7, 11) is 0. The second-order valence-corrected chi connectivity index (χ2v) is 20.6. The maximum Gasteiger partial charge on any atom is 0.132 e. The van der Waals surface area contributed by atoms with Gasteiger partial charge >= 0.3 is 0 Å². The number of hydrogen-bond donors (Lipinski definition) is 0. The lowest BCUT2D eigenvalue weighted by Gasteiger charge is -2.39. The summed E-state index contributed by atoms with van der Waals surface area (Å²) in [6, 6.07) is 104. The molecule has 360 valence electrons. The van der Waals surface area contributed by atoms with Gasteiger partial charge in [0, 0.05) is 39.1 Å². The van der Waals surface area contributed by atoms with E-state index >= 15 is 0 Å². The van der Waals surface area contributed by atoms with Crippen LogP contribution in [0.25, 0.3) is 55.6 Å². The van der Waals surface area contributed by atoms with E-state index in [2.05, 4.69) is 290 Å². The van der Waals surface area contributed by atoms with Crippen molar-refractivity contribution in [3.8, 4) is 78.6 Å². The molecular weight excluding hydrogens is 935 g/mol. The Balaban J connectivity index is 0.871. The molecule has 0 fully saturated rings. The number of hydrogen-bond acceptors (Lipinski definition) is 3. The van der Waals surface area contributed by atoms with E-state index < -0.39 is 10.8 Å². The molecule has 4 aliphatic rings. The highest BCUT2D eigenvalue weighted by molar-refractivity contribution is 5.97.